The standard InChI is InChI=1S/C27H28N2O4/c1-19(15-28-16-26(30)32-17-20-9-3-2-4-10-20)29-27(31)33-18-25-23-13-7-5-11-21(23)22-12-6-8-14-24(22)25/h2-14,19,25,28H,15-18H2,1H3,(H,29,31)/t19-/m1/s1. The Balaban J connectivity index is 1.18. The predicted octanol–water partition coefficient (Wildman–Crippen LogP) is 4.25. The lowest BCUT2D eigenvalue weighted by Gasteiger charge is -2.17. The first kappa shape index (κ1) is 22.6. The summed E-state index contributed by atoms with van der Waals surface area (Å²) in [5.74, 6) is -0.317. The minimum absolute atomic E-state index is 0.0240. The molecule has 1 aliphatic carbocycles. The summed E-state index contributed by atoms with van der Waals surface area (Å²) in [6, 6.07) is 25.8. The van der Waals surface area contributed by atoms with E-state index in [-0.39, 0.29) is 37.7 Å². The highest BCUT2D eigenvalue weighted by atomic mass is 16.5. The van der Waals surface area contributed by atoms with Crippen LogP contribution in [0, 0.1) is 0 Å². The number of carbonyl (C=O) groups is 2. The highest BCUT2D eigenvalue weighted by molar-refractivity contribution is 5.79. The van der Waals surface area contributed by atoms with Gasteiger partial charge in [-0.1, -0.05) is 78.9 Å². The molecule has 6 heteroatoms. The summed E-state index contributed by atoms with van der Waals surface area (Å²) in [5, 5.41) is 5.81. The summed E-state index contributed by atoms with van der Waals surface area (Å²) in [4.78, 5) is 24.2. The molecule has 3 aromatic carbocycles. The van der Waals surface area contributed by atoms with Crippen molar-refractivity contribution in [3.8, 4) is 11.1 Å². The first-order valence-electron chi connectivity index (χ1n) is 11.1. The van der Waals surface area contributed by atoms with Crippen LogP contribution in [0.4, 0.5) is 4.79 Å². The summed E-state index contributed by atoms with van der Waals surface area (Å²) < 4.78 is 10.8. The summed E-state index contributed by atoms with van der Waals surface area (Å²) in [7, 11) is 0. The number of benzene rings is 3. The molecule has 0 aromatic heterocycles. The van der Waals surface area contributed by atoms with Crippen LogP contribution in [0.3, 0.4) is 0 Å². The number of hydrogen-bond acceptors (Lipinski definition) is 5. The molecule has 1 aliphatic rings. The van der Waals surface area contributed by atoms with Crippen molar-refractivity contribution in [2.75, 3.05) is 19.7 Å². The maximum absolute atomic E-state index is 12.3. The van der Waals surface area contributed by atoms with Crippen LogP contribution in [0.15, 0.2) is 78.9 Å². The molecule has 0 spiro atoms. The second kappa shape index (κ2) is 10.8. The Bertz CT molecular complexity index is 1050. The molecule has 0 fully saturated rings. The third-order valence-corrected chi connectivity index (χ3v) is 5.67. The van der Waals surface area contributed by atoms with Crippen molar-refractivity contribution in [3.05, 3.63) is 95.6 Å². The van der Waals surface area contributed by atoms with Crippen LogP contribution in [-0.2, 0) is 20.9 Å². The number of esters is 1. The summed E-state index contributed by atoms with van der Waals surface area (Å²) in [6.07, 6.45) is -0.474. The van der Waals surface area contributed by atoms with Gasteiger partial charge in [-0.3, -0.25) is 4.79 Å². The highest BCUT2D eigenvalue weighted by Crippen LogP contribution is 2.44. The minimum Gasteiger partial charge on any atom is -0.460 e. The van der Waals surface area contributed by atoms with Crippen LogP contribution in [0.1, 0.15) is 29.5 Å². The maximum Gasteiger partial charge on any atom is 0.407 e. The fourth-order valence-electron chi connectivity index (χ4n) is 4.07. The molecule has 4 rings (SSSR count). The summed E-state index contributed by atoms with van der Waals surface area (Å²) >= 11 is 0. The van der Waals surface area contributed by atoms with Crippen LogP contribution in [0.2, 0.25) is 0 Å². The van der Waals surface area contributed by atoms with Crippen molar-refractivity contribution in [2.45, 2.75) is 25.5 Å². The average Bonchev–Trinajstić information content (AvgIpc) is 3.16. The number of carbonyl (C=O) groups excluding carboxylic acids is 2. The van der Waals surface area contributed by atoms with E-state index in [0.717, 1.165) is 5.56 Å². The van der Waals surface area contributed by atoms with E-state index in [1.54, 1.807) is 0 Å². The molecule has 1 amide bonds. The van der Waals surface area contributed by atoms with Crippen LogP contribution in [0.5, 0.6) is 0 Å². The molecule has 0 saturated carbocycles. The third-order valence-electron chi connectivity index (χ3n) is 5.67. The SMILES string of the molecule is C[C@H](CNCC(=O)OCc1ccccc1)NC(=O)OCC1c2ccccc2-c2ccccc21. The Morgan fingerprint density at radius 3 is 2.12 bits per heavy atom. The van der Waals surface area contributed by atoms with Gasteiger partial charge in [0.15, 0.2) is 0 Å². The van der Waals surface area contributed by atoms with Gasteiger partial charge in [-0.05, 0) is 34.7 Å². The fraction of sp³-hybridized carbons (Fsp3) is 0.259. The zero-order valence-corrected chi connectivity index (χ0v) is 18.6. The normalized spacial score (nSPS) is 13.0. The second-order valence-corrected chi connectivity index (χ2v) is 8.15. The first-order valence-corrected chi connectivity index (χ1v) is 11.1. The van der Waals surface area contributed by atoms with Crippen molar-refractivity contribution >= 4 is 12.1 Å². The van der Waals surface area contributed by atoms with Crippen molar-refractivity contribution in [3.63, 3.8) is 0 Å². The quantitative estimate of drug-likeness (QED) is 0.483. The maximum atomic E-state index is 12.3. The van der Waals surface area contributed by atoms with Crippen molar-refractivity contribution in [1.82, 2.24) is 10.6 Å². The number of ether oxygens (including phenoxy) is 2. The molecule has 3 aromatic rings. The lowest BCUT2D eigenvalue weighted by Crippen LogP contribution is -2.42. The zero-order chi connectivity index (χ0) is 23.0. The van der Waals surface area contributed by atoms with E-state index < -0.39 is 6.09 Å². The van der Waals surface area contributed by atoms with Crippen molar-refractivity contribution < 1.29 is 19.1 Å². The Morgan fingerprint density at radius 2 is 1.45 bits per heavy atom. The number of rotatable bonds is 9. The number of hydrogen-bond donors (Lipinski definition) is 2. The van der Waals surface area contributed by atoms with Crippen LogP contribution in [0.25, 0.3) is 11.1 Å². The average molecular weight is 445 g/mol. The van der Waals surface area contributed by atoms with Gasteiger partial charge in [0.2, 0.25) is 0 Å². The molecule has 0 heterocycles. The van der Waals surface area contributed by atoms with Gasteiger partial charge in [-0.25, -0.2) is 4.79 Å². The molecule has 0 aliphatic heterocycles. The van der Waals surface area contributed by atoms with Gasteiger partial charge in [-0.2, -0.15) is 0 Å². The molecular formula is C27H28N2O4. The van der Waals surface area contributed by atoms with Crippen molar-refractivity contribution in [1.29, 1.82) is 0 Å². The highest BCUT2D eigenvalue weighted by Gasteiger charge is 2.29. The van der Waals surface area contributed by atoms with E-state index in [2.05, 4.69) is 34.9 Å². The van der Waals surface area contributed by atoms with E-state index in [1.165, 1.54) is 22.3 Å². The van der Waals surface area contributed by atoms with Crippen LogP contribution in [-0.4, -0.2) is 37.8 Å². The molecule has 0 radical (unpaired) electrons. The smallest absolute Gasteiger partial charge is 0.407 e. The lowest BCUT2D eigenvalue weighted by molar-refractivity contribution is -0.143. The van der Waals surface area contributed by atoms with E-state index in [0.29, 0.717) is 6.54 Å². The number of amides is 1. The van der Waals surface area contributed by atoms with E-state index in [1.807, 2.05) is 61.5 Å². The monoisotopic (exact) mass is 444 g/mol. The molecule has 0 saturated heterocycles. The molecule has 1 atom stereocenters. The molecular weight excluding hydrogens is 416 g/mol. The molecule has 170 valence electrons. The fourth-order valence-corrected chi connectivity index (χ4v) is 4.07. The molecule has 33 heavy (non-hydrogen) atoms. The lowest BCUT2D eigenvalue weighted by atomic mass is 9.98. The van der Waals surface area contributed by atoms with Gasteiger partial charge in [0.05, 0.1) is 6.54 Å². The van der Waals surface area contributed by atoms with Gasteiger partial charge in [-0.15, -0.1) is 0 Å². The van der Waals surface area contributed by atoms with Gasteiger partial charge in [0.25, 0.3) is 0 Å². The third kappa shape index (κ3) is 5.79. The van der Waals surface area contributed by atoms with Crippen molar-refractivity contribution in [2.24, 2.45) is 0 Å². The van der Waals surface area contributed by atoms with Gasteiger partial charge < -0.3 is 20.1 Å². The zero-order valence-electron chi connectivity index (χ0n) is 18.6. The van der Waals surface area contributed by atoms with E-state index in [9.17, 15) is 9.59 Å². The van der Waals surface area contributed by atoms with Gasteiger partial charge in [0.1, 0.15) is 13.2 Å². The second-order valence-electron chi connectivity index (χ2n) is 8.15. The van der Waals surface area contributed by atoms with Gasteiger partial charge in [0, 0.05) is 18.5 Å². The molecule has 0 bridgehead atoms. The van der Waals surface area contributed by atoms with E-state index >= 15 is 0 Å². The Hall–Kier alpha value is -3.64. The summed E-state index contributed by atoms with van der Waals surface area (Å²) in [6.45, 7) is 2.86. The Kier molecular flexibility index (Phi) is 7.37. The predicted molar refractivity (Wildman–Crippen MR) is 127 cm³/mol. The molecule has 0 unspecified atom stereocenters. The van der Waals surface area contributed by atoms with E-state index in [4.69, 9.17) is 9.47 Å². The molecule has 2 N–H and O–H groups in total. The topological polar surface area (TPSA) is 76.7 Å². The summed E-state index contributed by atoms with van der Waals surface area (Å²) in [5.41, 5.74) is 5.68. The first-order chi connectivity index (χ1) is 16.1. The van der Waals surface area contributed by atoms with Crippen LogP contribution >= 0.6 is 0 Å². The number of nitrogens with one attached hydrogen (secondary N) is 2. The Labute approximate surface area is 193 Å². The number of fused-ring (bicyclic) bond motifs is 3. The minimum atomic E-state index is -0.474. The number of alkyl carbamates (subject to hydrolysis) is 1. The van der Waals surface area contributed by atoms with Crippen LogP contribution < -0.4 is 10.6 Å². The van der Waals surface area contributed by atoms with Gasteiger partial charge >= 0.3 is 12.1 Å². The largest absolute Gasteiger partial charge is 0.460 e. The molecule has 6 nitrogen and oxygen atoms in total. The Morgan fingerprint density at radius 1 is 0.848 bits per heavy atom.